The van der Waals surface area contributed by atoms with Crippen LogP contribution in [0.4, 0.5) is 4.79 Å². The molecule has 21 heavy (non-hydrogen) atoms. The van der Waals surface area contributed by atoms with E-state index < -0.39 is 5.60 Å². The molecular formula is C17H28N2O2. The first-order valence-corrected chi connectivity index (χ1v) is 7.69. The lowest BCUT2D eigenvalue weighted by atomic mass is 10.1. The van der Waals surface area contributed by atoms with E-state index >= 15 is 0 Å². The highest BCUT2D eigenvalue weighted by Gasteiger charge is 2.15. The molecule has 1 rings (SSSR count). The zero-order valence-corrected chi connectivity index (χ0v) is 13.4. The Bertz CT molecular complexity index is 399. The average molecular weight is 292 g/mol. The van der Waals surface area contributed by atoms with Crippen molar-refractivity contribution in [1.82, 2.24) is 10.6 Å². The minimum Gasteiger partial charge on any atom is -0.444 e. The van der Waals surface area contributed by atoms with Crippen molar-refractivity contribution in [3.8, 4) is 0 Å². The Hall–Kier alpha value is -1.55. The number of amides is 1. The maximum absolute atomic E-state index is 11.4. The van der Waals surface area contributed by atoms with Gasteiger partial charge in [0.2, 0.25) is 0 Å². The lowest BCUT2D eigenvalue weighted by Gasteiger charge is -2.19. The van der Waals surface area contributed by atoms with Crippen LogP contribution in [0.15, 0.2) is 30.3 Å². The van der Waals surface area contributed by atoms with E-state index in [1.165, 1.54) is 5.56 Å². The van der Waals surface area contributed by atoms with Crippen molar-refractivity contribution < 1.29 is 9.53 Å². The van der Waals surface area contributed by atoms with Crippen molar-refractivity contribution in [3.05, 3.63) is 35.9 Å². The molecule has 0 saturated heterocycles. The van der Waals surface area contributed by atoms with E-state index in [0.29, 0.717) is 6.54 Å². The monoisotopic (exact) mass is 292 g/mol. The van der Waals surface area contributed by atoms with Gasteiger partial charge in [-0.05, 0) is 58.7 Å². The van der Waals surface area contributed by atoms with Crippen molar-refractivity contribution in [2.45, 2.75) is 45.6 Å². The fourth-order valence-electron chi connectivity index (χ4n) is 1.88. The molecule has 0 aliphatic heterocycles. The molecular weight excluding hydrogens is 264 g/mol. The van der Waals surface area contributed by atoms with E-state index in [2.05, 4.69) is 34.9 Å². The number of unbranched alkanes of at least 4 members (excludes halogenated alkanes) is 1. The summed E-state index contributed by atoms with van der Waals surface area (Å²) in [6.45, 7) is 8.22. The Kier molecular flexibility index (Phi) is 7.83. The molecule has 0 aromatic heterocycles. The number of carbonyl (C=O) groups excluding carboxylic acids is 1. The van der Waals surface area contributed by atoms with E-state index in [1.54, 1.807) is 0 Å². The van der Waals surface area contributed by atoms with E-state index in [9.17, 15) is 4.79 Å². The molecule has 1 amide bonds. The first kappa shape index (κ1) is 17.5. The summed E-state index contributed by atoms with van der Waals surface area (Å²) < 4.78 is 5.17. The van der Waals surface area contributed by atoms with Crippen LogP contribution >= 0.6 is 0 Å². The van der Waals surface area contributed by atoms with E-state index in [4.69, 9.17) is 4.74 Å². The van der Waals surface area contributed by atoms with Crippen molar-refractivity contribution in [2.24, 2.45) is 0 Å². The predicted molar refractivity (Wildman–Crippen MR) is 86.5 cm³/mol. The number of hydrogen-bond donors (Lipinski definition) is 2. The topological polar surface area (TPSA) is 50.4 Å². The second-order valence-corrected chi connectivity index (χ2v) is 6.12. The highest BCUT2D eigenvalue weighted by Crippen LogP contribution is 2.06. The van der Waals surface area contributed by atoms with Crippen LogP contribution in [0.25, 0.3) is 0 Å². The van der Waals surface area contributed by atoms with Gasteiger partial charge in [-0.1, -0.05) is 30.3 Å². The molecule has 0 atom stereocenters. The summed E-state index contributed by atoms with van der Waals surface area (Å²) in [6.07, 6.45) is 2.72. The van der Waals surface area contributed by atoms with Crippen LogP contribution in [0, 0.1) is 0 Å². The Labute approximate surface area is 128 Å². The van der Waals surface area contributed by atoms with Gasteiger partial charge in [-0.15, -0.1) is 0 Å². The molecule has 1 aromatic carbocycles. The second-order valence-electron chi connectivity index (χ2n) is 6.12. The molecule has 118 valence electrons. The third kappa shape index (κ3) is 9.91. The van der Waals surface area contributed by atoms with Crippen molar-refractivity contribution in [3.63, 3.8) is 0 Å². The molecule has 2 N–H and O–H groups in total. The van der Waals surface area contributed by atoms with Gasteiger partial charge in [-0.3, -0.25) is 0 Å². The highest BCUT2D eigenvalue weighted by atomic mass is 16.6. The first-order valence-electron chi connectivity index (χ1n) is 7.69. The fraction of sp³-hybridized carbons (Fsp3) is 0.588. The maximum Gasteiger partial charge on any atom is 0.407 e. The molecule has 0 heterocycles. The summed E-state index contributed by atoms with van der Waals surface area (Å²) in [5.41, 5.74) is 0.930. The molecule has 0 bridgehead atoms. The fourth-order valence-corrected chi connectivity index (χ4v) is 1.88. The number of hydrogen-bond acceptors (Lipinski definition) is 3. The van der Waals surface area contributed by atoms with Gasteiger partial charge in [0.1, 0.15) is 5.60 Å². The van der Waals surface area contributed by atoms with Crippen molar-refractivity contribution in [1.29, 1.82) is 0 Å². The van der Waals surface area contributed by atoms with E-state index in [0.717, 1.165) is 32.4 Å². The highest BCUT2D eigenvalue weighted by molar-refractivity contribution is 5.67. The lowest BCUT2D eigenvalue weighted by molar-refractivity contribution is 0.0527. The molecule has 0 radical (unpaired) electrons. The lowest BCUT2D eigenvalue weighted by Crippen LogP contribution is -2.33. The molecule has 0 saturated carbocycles. The number of benzene rings is 1. The van der Waals surface area contributed by atoms with Gasteiger partial charge in [-0.2, -0.15) is 0 Å². The number of carbonyl (C=O) groups is 1. The van der Waals surface area contributed by atoms with Gasteiger partial charge in [0, 0.05) is 6.54 Å². The largest absolute Gasteiger partial charge is 0.444 e. The predicted octanol–water partition coefficient (Wildman–Crippen LogP) is 3.12. The number of rotatable bonds is 8. The van der Waals surface area contributed by atoms with Crippen LogP contribution in [0.5, 0.6) is 0 Å². The standard InChI is InChI=1S/C17H28N2O2/c1-17(2,3)21-16(20)19-13-8-7-12-18-14-11-15-9-5-4-6-10-15/h4-6,9-10,18H,7-8,11-14H2,1-3H3,(H,19,20). The quantitative estimate of drug-likeness (QED) is 0.724. The molecule has 0 fully saturated rings. The Morgan fingerprint density at radius 3 is 2.38 bits per heavy atom. The minimum atomic E-state index is -0.428. The Balaban J connectivity index is 1.92. The third-order valence-corrected chi connectivity index (χ3v) is 2.88. The van der Waals surface area contributed by atoms with Crippen LogP contribution < -0.4 is 10.6 Å². The van der Waals surface area contributed by atoms with Gasteiger partial charge < -0.3 is 15.4 Å². The summed E-state index contributed by atoms with van der Waals surface area (Å²) in [5, 5.41) is 6.18. The number of ether oxygens (including phenoxy) is 1. The summed E-state index contributed by atoms with van der Waals surface area (Å²) >= 11 is 0. The van der Waals surface area contributed by atoms with Gasteiger partial charge in [0.15, 0.2) is 0 Å². The third-order valence-electron chi connectivity index (χ3n) is 2.88. The van der Waals surface area contributed by atoms with Gasteiger partial charge in [0.25, 0.3) is 0 Å². The van der Waals surface area contributed by atoms with Crippen LogP contribution in [0.3, 0.4) is 0 Å². The molecule has 0 aliphatic rings. The molecule has 0 aliphatic carbocycles. The first-order chi connectivity index (χ1) is 9.97. The van der Waals surface area contributed by atoms with Gasteiger partial charge >= 0.3 is 6.09 Å². The summed E-state index contributed by atoms with van der Waals surface area (Å²) in [6, 6.07) is 10.5. The number of nitrogens with one attached hydrogen (secondary N) is 2. The zero-order chi connectivity index (χ0) is 15.6. The van der Waals surface area contributed by atoms with Crippen molar-refractivity contribution >= 4 is 6.09 Å². The van der Waals surface area contributed by atoms with Crippen molar-refractivity contribution in [2.75, 3.05) is 19.6 Å². The number of alkyl carbamates (subject to hydrolysis) is 1. The van der Waals surface area contributed by atoms with Gasteiger partial charge in [-0.25, -0.2) is 4.79 Å². The zero-order valence-electron chi connectivity index (χ0n) is 13.4. The smallest absolute Gasteiger partial charge is 0.407 e. The average Bonchev–Trinajstić information content (AvgIpc) is 2.41. The molecule has 0 unspecified atom stereocenters. The minimum absolute atomic E-state index is 0.334. The summed E-state index contributed by atoms with van der Waals surface area (Å²) in [5.74, 6) is 0. The van der Waals surface area contributed by atoms with Gasteiger partial charge in [0.05, 0.1) is 0 Å². The Morgan fingerprint density at radius 2 is 1.71 bits per heavy atom. The molecule has 4 nitrogen and oxygen atoms in total. The SMILES string of the molecule is CC(C)(C)OC(=O)NCCCCNCCc1ccccc1. The maximum atomic E-state index is 11.4. The van der Waals surface area contributed by atoms with Crippen LogP contribution in [0.2, 0.25) is 0 Å². The molecule has 1 aromatic rings. The van der Waals surface area contributed by atoms with Crippen LogP contribution in [0.1, 0.15) is 39.2 Å². The second kappa shape index (κ2) is 9.40. The van der Waals surface area contributed by atoms with E-state index in [1.807, 2.05) is 26.8 Å². The molecule has 0 spiro atoms. The summed E-state index contributed by atoms with van der Waals surface area (Å²) in [4.78, 5) is 11.4. The summed E-state index contributed by atoms with van der Waals surface area (Å²) in [7, 11) is 0. The van der Waals surface area contributed by atoms with E-state index in [-0.39, 0.29) is 6.09 Å². The Morgan fingerprint density at radius 1 is 1.05 bits per heavy atom. The normalized spacial score (nSPS) is 11.2. The molecule has 4 heteroatoms. The van der Waals surface area contributed by atoms with Crippen LogP contribution in [-0.2, 0) is 11.2 Å². The van der Waals surface area contributed by atoms with Crippen LogP contribution in [-0.4, -0.2) is 31.3 Å².